The maximum absolute atomic E-state index is 12.0. The summed E-state index contributed by atoms with van der Waals surface area (Å²) in [6, 6.07) is 3.33. The molecule has 1 aromatic heterocycles. The molecule has 6 heteroatoms. The summed E-state index contributed by atoms with van der Waals surface area (Å²) in [5.41, 5.74) is 3.02. The molecular weight excluding hydrogens is 254 g/mol. The number of carbonyl (C=O) groups is 1. The molecule has 110 valence electrons. The molecular formula is C14H23N5O. The Bertz CT molecular complexity index is 443. The Balaban J connectivity index is 1.74. The average Bonchev–Trinajstić information content (AvgIpc) is 2.49. The summed E-state index contributed by atoms with van der Waals surface area (Å²) >= 11 is 0. The Kier molecular flexibility index (Phi) is 5.31. The van der Waals surface area contributed by atoms with Crippen molar-refractivity contribution in [1.82, 2.24) is 15.2 Å². The van der Waals surface area contributed by atoms with Crippen LogP contribution in [0.15, 0.2) is 18.3 Å². The largest absolute Gasteiger partial charge is 0.352 e. The molecule has 0 saturated carbocycles. The minimum absolute atomic E-state index is 0.0724. The van der Waals surface area contributed by atoms with Gasteiger partial charge in [0.25, 0.3) is 5.91 Å². The van der Waals surface area contributed by atoms with Crippen molar-refractivity contribution in [3.05, 3.63) is 23.9 Å². The van der Waals surface area contributed by atoms with Crippen LogP contribution in [0.1, 0.15) is 29.6 Å². The summed E-state index contributed by atoms with van der Waals surface area (Å²) in [5, 5.41) is 2.96. The maximum Gasteiger partial charge on any atom is 0.251 e. The highest BCUT2D eigenvalue weighted by atomic mass is 16.1. The molecule has 0 radical (unpaired) electrons. The van der Waals surface area contributed by atoms with Crippen LogP contribution < -0.4 is 16.6 Å². The zero-order chi connectivity index (χ0) is 14.4. The van der Waals surface area contributed by atoms with Crippen LogP contribution in [-0.4, -0.2) is 42.5 Å². The third kappa shape index (κ3) is 4.18. The van der Waals surface area contributed by atoms with E-state index in [0.717, 1.165) is 32.0 Å². The number of rotatable bonds is 5. The van der Waals surface area contributed by atoms with E-state index in [4.69, 9.17) is 5.84 Å². The van der Waals surface area contributed by atoms with E-state index in [1.54, 1.807) is 18.3 Å². The minimum Gasteiger partial charge on any atom is -0.352 e. The minimum atomic E-state index is -0.0724. The van der Waals surface area contributed by atoms with Gasteiger partial charge in [0.2, 0.25) is 0 Å². The standard InChI is InChI=1S/C14H23N5O/c1-19-8-4-11(5-9-19)2-6-17-14(20)12-3-7-16-13(10-12)18-15/h3,7,10-11H,2,4-6,8-9,15H2,1H3,(H,16,18)(H,17,20). The number of hydrazine groups is 1. The van der Waals surface area contributed by atoms with Crippen LogP contribution in [0.25, 0.3) is 0 Å². The number of aromatic nitrogens is 1. The molecule has 1 aliphatic heterocycles. The Morgan fingerprint density at radius 3 is 2.95 bits per heavy atom. The van der Waals surface area contributed by atoms with Gasteiger partial charge in [-0.25, -0.2) is 10.8 Å². The lowest BCUT2D eigenvalue weighted by molar-refractivity contribution is 0.0949. The molecule has 6 nitrogen and oxygen atoms in total. The number of piperidine rings is 1. The van der Waals surface area contributed by atoms with Gasteiger partial charge < -0.3 is 15.6 Å². The van der Waals surface area contributed by atoms with Crippen LogP contribution in [0.2, 0.25) is 0 Å². The number of amides is 1. The molecule has 0 unspecified atom stereocenters. The molecule has 1 aliphatic rings. The van der Waals surface area contributed by atoms with Gasteiger partial charge in [-0.1, -0.05) is 0 Å². The van der Waals surface area contributed by atoms with Crippen LogP contribution in [0.3, 0.4) is 0 Å². The number of nitrogens with one attached hydrogen (secondary N) is 2. The Morgan fingerprint density at radius 2 is 2.25 bits per heavy atom. The number of nitrogens with two attached hydrogens (primary N) is 1. The van der Waals surface area contributed by atoms with Gasteiger partial charge in [0, 0.05) is 18.3 Å². The number of nitrogen functional groups attached to an aromatic ring is 1. The van der Waals surface area contributed by atoms with Crippen LogP contribution in [0.4, 0.5) is 5.82 Å². The summed E-state index contributed by atoms with van der Waals surface area (Å²) in [5.74, 6) is 6.43. The molecule has 0 aromatic carbocycles. The second-order valence-electron chi connectivity index (χ2n) is 5.37. The lowest BCUT2D eigenvalue weighted by Crippen LogP contribution is -2.32. The average molecular weight is 277 g/mol. The molecule has 1 aromatic rings. The number of hydrogen-bond donors (Lipinski definition) is 3. The van der Waals surface area contributed by atoms with Gasteiger partial charge in [-0.2, -0.15) is 0 Å². The smallest absolute Gasteiger partial charge is 0.251 e. The summed E-state index contributed by atoms with van der Waals surface area (Å²) in [6.07, 6.45) is 5.07. The van der Waals surface area contributed by atoms with Gasteiger partial charge in [-0.3, -0.25) is 4.79 Å². The summed E-state index contributed by atoms with van der Waals surface area (Å²) in [7, 11) is 2.16. The Morgan fingerprint density at radius 1 is 1.50 bits per heavy atom. The van der Waals surface area contributed by atoms with E-state index in [1.807, 2.05) is 0 Å². The molecule has 1 saturated heterocycles. The molecule has 0 bridgehead atoms. The van der Waals surface area contributed by atoms with Crippen LogP contribution in [-0.2, 0) is 0 Å². The topological polar surface area (TPSA) is 83.3 Å². The lowest BCUT2D eigenvalue weighted by atomic mass is 9.94. The van der Waals surface area contributed by atoms with Gasteiger partial charge in [0.15, 0.2) is 0 Å². The van der Waals surface area contributed by atoms with Gasteiger partial charge in [0.05, 0.1) is 0 Å². The van der Waals surface area contributed by atoms with E-state index in [0.29, 0.717) is 11.4 Å². The third-order valence-electron chi connectivity index (χ3n) is 3.85. The van der Waals surface area contributed by atoms with E-state index in [-0.39, 0.29) is 5.91 Å². The fourth-order valence-corrected chi connectivity index (χ4v) is 2.49. The number of hydrogen-bond acceptors (Lipinski definition) is 5. The van der Waals surface area contributed by atoms with Crippen molar-refractivity contribution in [3.63, 3.8) is 0 Å². The first-order chi connectivity index (χ1) is 9.69. The van der Waals surface area contributed by atoms with E-state index in [1.165, 1.54) is 12.8 Å². The summed E-state index contributed by atoms with van der Waals surface area (Å²) in [6.45, 7) is 3.05. The fourth-order valence-electron chi connectivity index (χ4n) is 2.49. The second kappa shape index (κ2) is 7.21. The predicted molar refractivity (Wildman–Crippen MR) is 79.2 cm³/mol. The maximum atomic E-state index is 12.0. The molecule has 2 heterocycles. The molecule has 1 amide bonds. The Labute approximate surface area is 119 Å². The number of likely N-dealkylation sites (tertiary alicyclic amines) is 1. The lowest BCUT2D eigenvalue weighted by Gasteiger charge is -2.28. The van der Waals surface area contributed by atoms with Crippen molar-refractivity contribution in [2.24, 2.45) is 11.8 Å². The highest BCUT2D eigenvalue weighted by Gasteiger charge is 2.16. The zero-order valence-corrected chi connectivity index (χ0v) is 11.9. The fraction of sp³-hybridized carbons (Fsp3) is 0.571. The van der Waals surface area contributed by atoms with Gasteiger partial charge in [0.1, 0.15) is 5.82 Å². The van der Waals surface area contributed by atoms with Crippen molar-refractivity contribution in [1.29, 1.82) is 0 Å². The van der Waals surface area contributed by atoms with Crippen LogP contribution >= 0.6 is 0 Å². The number of anilines is 1. The molecule has 20 heavy (non-hydrogen) atoms. The highest BCUT2D eigenvalue weighted by Crippen LogP contribution is 2.18. The third-order valence-corrected chi connectivity index (χ3v) is 3.85. The summed E-state index contributed by atoms with van der Waals surface area (Å²) in [4.78, 5) is 18.3. The SMILES string of the molecule is CN1CCC(CCNC(=O)c2ccnc(NN)c2)CC1. The molecule has 0 spiro atoms. The van der Waals surface area contributed by atoms with E-state index in [9.17, 15) is 4.79 Å². The number of carbonyl (C=O) groups excluding carboxylic acids is 1. The molecule has 2 rings (SSSR count). The molecule has 4 N–H and O–H groups in total. The van der Waals surface area contributed by atoms with Gasteiger partial charge in [-0.15, -0.1) is 0 Å². The second-order valence-corrected chi connectivity index (χ2v) is 5.37. The van der Waals surface area contributed by atoms with Crippen molar-refractivity contribution >= 4 is 11.7 Å². The monoisotopic (exact) mass is 277 g/mol. The first kappa shape index (κ1) is 14.7. The molecule has 0 atom stereocenters. The first-order valence-corrected chi connectivity index (χ1v) is 7.08. The highest BCUT2D eigenvalue weighted by molar-refractivity contribution is 5.94. The van der Waals surface area contributed by atoms with Crippen molar-refractivity contribution in [2.75, 3.05) is 32.1 Å². The molecule has 0 aliphatic carbocycles. The Hall–Kier alpha value is -1.66. The van der Waals surface area contributed by atoms with Crippen molar-refractivity contribution < 1.29 is 4.79 Å². The van der Waals surface area contributed by atoms with Crippen molar-refractivity contribution in [2.45, 2.75) is 19.3 Å². The van der Waals surface area contributed by atoms with E-state index < -0.39 is 0 Å². The van der Waals surface area contributed by atoms with Crippen molar-refractivity contribution in [3.8, 4) is 0 Å². The number of pyridine rings is 1. The van der Waals surface area contributed by atoms with Crippen LogP contribution in [0.5, 0.6) is 0 Å². The van der Waals surface area contributed by atoms with E-state index in [2.05, 4.69) is 27.7 Å². The van der Waals surface area contributed by atoms with E-state index >= 15 is 0 Å². The van der Waals surface area contributed by atoms with Gasteiger partial charge >= 0.3 is 0 Å². The van der Waals surface area contributed by atoms with Gasteiger partial charge in [-0.05, 0) is 57.5 Å². The normalized spacial score (nSPS) is 16.9. The van der Waals surface area contributed by atoms with Crippen LogP contribution in [0, 0.1) is 5.92 Å². The first-order valence-electron chi connectivity index (χ1n) is 7.08. The summed E-state index contributed by atoms with van der Waals surface area (Å²) < 4.78 is 0. The quantitative estimate of drug-likeness (QED) is 0.548. The predicted octanol–water partition coefficient (Wildman–Crippen LogP) is 0.829. The zero-order valence-electron chi connectivity index (χ0n) is 11.9. The number of nitrogens with zero attached hydrogens (tertiary/aromatic N) is 2. The molecule has 1 fully saturated rings.